The number of benzene rings is 1. The van der Waals surface area contributed by atoms with Crippen LogP contribution in [0.25, 0.3) is 0 Å². The highest BCUT2D eigenvalue weighted by molar-refractivity contribution is 5.53. The number of nitrogens with zero attached hydrogens (tertiary/aromatic N) is 3. The van der Waals surface area contributed by atoms with Crippen molar-refractivity contribution in [2.45, 2.75) is 0 Å². The van der Waals surface area contributed by atoms with Gasteiger partial charge in [-0.2, -0.15) is 15.0 Å². The summed E-state index contributed by atoms with van der Waals surface area (Å²) in [5.41, 5.74) is 5.97. The predicted octanol–water partition coefficient (Wildman–Crippen LogP) is 1.35. The number of hydrogen-bond acceptors (Lipinski definition) is 6. The van der Waals surface area contributed by atoms with Crippen molar-refractivity contribution in [3.63, 3.8) is 0 Å². The Morgan fingerprint density at radius 2 is 2.12 bits per heavy atom. The molecule has 0 atom stereocenters. The lowest BCUT2D eigenvalue weighted by molar-refractivity contribution is 0.380. The molecule has 1 aromatic heterocycles. The van der Waals surface area contributed by atoms with Gasteiger partial charge >= 0.3 is 6.01 Å². The van der Waals surface area contributed by atoms with E-state index in [0.29, 0.717) is 5.69 Å². The van der Waals surface area contributed by atoms with Crippen LogP contribution in [0.15, 0.2) is 24.3 Å². The molecule has 1 aromatic carbocycles. The number of nitrogens with two attached hydrogens (primary N) is 1. The molecule has 17 heavy (non-hydrogen) atoms. The maximum Gasteiger partial charge on any atom is 0.322 e. The van der Waals surface area contributed by atoms with Crippen LogP contribution < -0.4 is 15.8 Å². The number of halogens is 1. The topological polar surface area (TPSA) is 86.0 Å². The molecule has 0 amide bonds. The van der Waals surface area contributed by atoms with E-state index in [1.165, 1.54) is 19.2 Å². The molecule has 0 fully saturated rings. The average molecular weight is 235 g/mol. The van der Waals surface area contributed by atoms with E-state index in [9.17, 15) is 4.39 Å². The highest BCUT2D eigenvalue weighted by Crippen LogP contribution is 2.16. The van der Waals surface area contributed by atoms with Gasteiger partial charge in [0, 0.05) is 5.69 Å². The first-order valence-electron chi connectivity index (χ1n) is 4.75. The molecule has 0 bridgehead atoms. The third kappa shape index (κ3) is 2.77. The second-order valence-corrected chi connectivity index (χ2v) is 3.14. The normalized spacial score (nSPS) is 10.0. The van der Waals surface area contributed by atoms with Crippen LogP contribution in [0.4, 0.5) is 22.0 Å². The van der Waals surface area contributed by atoms with Crippen LogP contribution >= 0.6 is 0 Å². The number of anilines is 3. The number of hydrogen-bond donors (Lipinski definition) is 2. The monoisotopic (exact) mass is 235 g/mol. The highest BCUT2D eigenvalue weighted by Gasteiger charge is 2.04. The molecule has 2 rings (SSSR count). The van der Waals surface area contributed by atoms with Crippen molar-refractivity contribution >= 4 is 17.6 Å². The predicted molar refractivity (Wildman–Crippen MR) is 60.5 cm³/mol. The lowest BCUT2D eigenvalue weighted by Gasteiger charge is -2.06. The molecule has 7 heteroatoms. The molecule has 1 heterocycles. The summed E-state index contributed by atoms with van der Waals surface area (Å²) < 4.78 is 17.8. The zero-order chi connectivity index (χ0) is 12.3. The molecule has 0 unspecified atom stereocenters. The highest BCUT2D eigenvalue weighted by atomic mass is 19.1. The summed E-state index contributed by atoms with van der Waals surface area (Å²) in [7, 11) is 1.42. The number of nitrogens with one attached hydrogen (secondary N) is 1. The molecule has 0 aliphatic rings. The summed E-state index contributed by atoms with van der Waals surface area (Å²) in [6.45, 7) is 0. The van der Waals surface area contributed by atoms with E-state index in [4.69, 9.17) is 10.5 Å². The number of ether oxygens (including phenoxy) is 1. The van der Waals surface area contributed by atoms with E-state index < -0.39 is 0 Å². The zero-order valence-electron chi connectivity index (χ0n) is 9.01. The van der Waals surface area contributed by atoms with Crippen LogP contribution in [0.3, 0.4) is 0 Å². The second-order valence-electron chi connectivity index (χ2n) is 3.14. The quantitative estimate of drug-likeness (QED) is 0.835. The van der Waals surface area contributed by atoms with Crippen molar-refractivity contribution < 1.29 is 9.13 Å². The molecule has 0 saturated carbocycles. The fourth-order valence-corrected chi connectivity index (χ4v) is 1.21. The minimum atomic E-state index is -0.357. The Hall–Kier alpha value is -2.44. The van der Waals surface area contributed by atoms with Crippen molar-refractivity contribution in [3.8, 4) is 6.01 Å². The van der Waals surface area contributed by atoms with E-state index >= 15 is 0 Å². The first-order valence-corrected chi connectivity index (χ1v) is 4.75. The Labute approximate surface area is 96.7 Å². The average Bonchev–Trinajstić information content (AvgIpc) is 2.28. The Kier molecular flexibility index (Phi) is 2.99. The molecule has 88 valence electrons. The third-order valence-corrected chi connectivity index (χ3v) is 1.90. The van der Waals surface area contributed by atoms with Crippen molar-refractivity contribution in [1.29, 1.82) is 0 Å². The van der Waals surface area contributed by atoms with Gasteiger partial charge in [0.15, 0.2) is 0 Å². The molecule has 0 aliphatic carbocycles. The Morgan fingerprint density at radius 1 is 1.29 bits per heavy atom. The van der Waals surface area contributed by atoms with Crippen LogP contribution in [0.1, 0.15) is 0 Å². The molecule has 0 spiro atoms. The van der Waals surface area contributed by atoms with Gasteiger partial charge in [-0.1, -0.05) is 6.07 Å². The lowest BCUT2D eigenvalue weighted by Crippen LogP contribution is -2.05. The van der Waals surface area contributed by atoms with Crippen LogP contribution in [-0.2, 0) is 0 Å². The van der Waals surface area contributed by atoms with E-state index in [0.717, 1.165) is 0 Å². The first-order chi connectivity index (χ1) is 8.17. The van der Waals surface area contributed by atoms with Crippen LogP contribution in [-0.4, -0.2) is 22.1 Å². The third-order valence-electron chi connectivity index (χ3n) is 1.90. The smallest absolute Gasteiger partial charge is 0.322 e. The Bertz CT molecular complexity index is 534. The largest absolute Gasteiger partial charge is 0.467 e. The van der Waals surface area contributed by atoms with E-state index in [-0.39, 0.29) is 23.7 Å². The molecule has 0 aliphatic heterocycles. The van der Waals surface area contributed by atoms with E-state index in [2.05, 4.69) is 20.3 Å². The van der Waals surface area contributed by atoms with Gasteiger partial charge in [0.05, 0.1) is 7.11 Å². The summed E-state index contributed by atoms with van der Waals surface area (Å²) in [6, 6.07) is 5.99. The zero-order valence-corrected chi connectivity index (χ0v) is 9.01. The molecule has 6 nitrogen and oxygen atoms in total. The van der Waals surface area contributed by atoms with E-state index in [1.54, 1.807) is 12.1 Å². The standard InChI is InChI=1S/C10H10FN5O/c1-17-10-15-8(12)14-9(16-10)13-7-4-2-3-6(11)5-7/h2-5H,1H3,(H3,12,13,14,15,16). The molecule has 0 saturated heterocycles. The summed E-state index contributed by atoms with van der Waals surface area (Å²) in [6.07, 6.45) is 0. The Balaban J connectivity index is 2.26. The lowest BCUT2D eigenvalue weighted by atomic mass is 10.3. The minimum absolute atomic E-state index is 0.0238. The number of methoxy groups -OCH3 is 1. The summed E-state index contributed by atoms with van der Waals surface area (Å²) in [5.74, 6) is -0.139. The number of nitrogen functional groups attached to an aromatic ring is 1. The molecule has 0 radical (unpaired) electrons. The summed E-state index contributed by atoms with van der Waals surface area (Å²) in [5, 5.41) is 2.80. The van der Waals surface area contributed by atoms with Gasteiger partial charge in [0.2, 0.25) is 11.9 Å². The molecule has 3 N–H and O–H groups in total. The van der Waals surface area contributed by atoms with Gasteiger partial charge in [0.1, 0.15) is 5.82 Å². The fraction of sp³-hybridized carbons (Fsp3) is 0.100. The van der Waals surface area contributed by atoms with Crippen molar-refractivity contribution in [3.05, 3.63) is 30.1 Å². The first kappa shape index (κ1) is 11.1. The number of aromatic nitrogens is 3. The van der Waals surface area contributed by atoms with Crippen LogP contribution in [0.5, 0.6) is 6.01 Å². The van der Waals surface area contributed by atoms with Gasteiger partial charge < -0.3 is 15.8 Å². The minimum Gasteiger partial charge on any atom is -0.467 e. The fourth-order valence-electron chi connectivity index (χ4n) is 1.21. The maximum absolute atomic E-state index is 13.0. The van der Waals surface area contributed by atoms with Crippen molar-refractivity contribution in [2.75, 3.05) is 18.2 Å². The Morgan fingerprint density at radius 3 is 2.82 bits per heavy atom. The summed E-state index contributed by atoms with van der Waals surface area (Å²) in [4.78, 5) is 11.5. The van der Waals surface area contributed by atoms with Crippen LogP contribution in [0, 0.1) is 5.82 Å². The second kappa shape index (κ2) is 4.60. The van der Waals surface area contributed by atoms with E-state index in [1.807, 2.05) is 0 Å². The summed E-state index contributed by atoms with van der Waals surface area (Å²) >= 11 is 0. The van der Waals surface area contributed by atoms with Gasteiger partial charge in [-0.3, -0.25) is 0 Å². The molecule has 2 aromatic rings. The van der Waals surface area contributed by atoms with Gasteiger partial charge in [-0.05, 0) is 18.2 Å². The van der Waals surface area contributed by atoms with Crippen molar-refractivity contribution in [1.82, 2.24) is 15.0 Å². The number of rotatable bonds is 3. The van der Waals surface area contributed by atoms with Gasteiger partial charge in [-0.15, -0.1) is 0 Å². The molecular weight excluding hydrogens is 225 g/mol. The van der Waals surface area contributed by atoms with Crippen molar-refractivity contribution in [2.24, 2.45) is 0 Å². The molecular formula is C10H10FN5O. The van der Waals surface area contributed by atoms with Crippen LogP contribution in [0.2, 0.25) is 0 Å². The van der Waals surface area contributed by atoms with Gasteiger partial charge in [0.25, 0.3) is 0 Å². The van der Waals surface area contributed by atoms with Gasteiger partial charge in [-0.25, -0.2) is 4.39 Å². The maximum atomic E-state index is 13.0. The SMILES string of the molecule is COc1nc(N)nc(Nc2cccc(F)c2)n1.